The summed E-state index contributed by atoms with van der Waals surface area (Å²) in [5.74, 6) is 1.37. The molecule has 0 aromatic heterocycles. The lowest BCUT2D eigenvalue weighted by Crippen LogP contribution is -2.37. The van der Waals surface area contributed by atoms with Gasteiger partial charge in [-0.2, -0.15) is 0 Å². The summed E-state index contributed by atoms with van der Waals surface area (Å²) in [6.07, 6.45) is 3.68. The Bertz CT molecular complexity index is 638. The molecule has 124 valence electrons. The van der Waals surface area contributed by atoms with Crippen LogP contribution in [0.15, 0.2) is 29.3 Å². The van der Waals surface area contributed by atoms with Crippen LogP contribution in [-0.4, -0.2) is 42.9 Å². The standard InChI is InChI=1S/C18H23NO4/c1-22-15-8-7-12(11-16(15)23-2)9-10-19-17(20)13-5-3-4-6-14(13)18(19)21/h7-8,11,17,20H,3-6,9-10H2,1-2H3. The second-order valence-corrected chi connectivity index (χ2v) is 6.02. The molecule has 0 saturated carbocycles. The zero-order valence-electron chi connectivity index (χ0n) is 13.7. The minimum atomic E-state index is -0.738. The molecule has 0 fully saturated rings. The highest BCUT2D eigenvalue weighted by atomic mass is 16.5. The van der Waals surface area contributed by atoms with Gasteiger partial charge in [0.15, 0.2) is 17.7 Å². The van der Waals surface area contributed by atoms with E-state index >= 15 is 0 Å². The summed E-state index contributed by atoms with van der Waals surface area (Å²) in [6.45, 7) is 0.502. The number of amides is 1. The van der Waals surface area contributed by atoms with Crippen LogP contribution in [0.2, 0.25) is 0 Å². The molecule has 0 bridgehead atoms. The number of benzene rings is 1. The van der Waals surface area contributed by atoms with Gasteiger partial charge in [0.25, 0.3) is 5.91 Å². The van der Waals surface area contributed by atoms with Crippen LogP contribution < -0.4 is 9.47 Å². The van der Waals surface area contributed by atoms with Crippen molar-refractivity contribution in [3.05, 3.63) is 34.9 Å². The Morgan fingerprint density at radius 3 is 2.61 bits per heavy atom. The monoisotopic (exact) mass is 317 g/mol. The number of hydrogen-bond acceptors (Lipinski definition) is 4. The highest BCUT2D eigenvalue weighted by Gasteiger charge is 2.38. The Hall–Kier alpha value is -2.01. The molecule has 1 aliphatic carbocycles. The number of carbonyl (C=O) groups is 1. The van der Waals surface area contributed by atoms with Gasteiger partial charge in [-0.15, -0.1) is 0 Å². The average Bonchev–Trinajstić information content (AvgIpc) is 2.84. The maximum absolute atomic E-state index is 12.5. The van der Waals surface area contributed by atoms with Crippen LogP contribution in [0.3, 0.4) is 0 Å². The van der Waals surface area contributed by atoms with Crippen molar-refractivity contribution < 1.29 is 19.4 Å². The van der Waals surface area contributed by atoms with Gasteiger partial charge in [-0.1, -0.05) is 6.07 Å². The van der Waals surface area contributed by atoms with Gasteiger partial charge < -0.3 is 19.5 Å². The summed E-state index contributed by atoms with van der Waals surface area (Å²) in [7, 11) is 3.21. The Balaban J connectivity index is 1.68. The Morgan fingerprint density at radius 1 is 1.17 bits per heavy atom. The largest absolute Gasteiger partial charge is 0.493 e. The molecule has 0 radical (unpaired) electrons. The fourth-order valence-electron chi connectivity index (χ4n) is 3.44. The third kappa shape index (κ3) is 2.93. The molecule has 3 rings (SSSR count). The third-order valence-electron chi connectivity index (χ3n) is 4.73. The molecular weight excluding hydrogens is 294 g/mol. The lowest BCUT2D eigenvalue weighted by molar-refractivity contribution is -0.131. The summed E-state index contributed by atoms with van der Waals surface area (Å²) >= 11 is 0. The van der Waals surface area contributed by atoms with Gasteiger partial charge in [0, 0.05) is 12.1 Å². The van der Waals surface area contributed by atoms with E-state index in [4.69, 9.17) is 9.47 Å². The van der Waals surface area contributed by atoms with Crippen molar-refractivity contribution in [3.63, 3.8) is 0 Å². The fraction of sp³-hybridized carbons (Fsp3) is 0.500. The van der Waals surface area contributed by atoms with Gasteiger partial charge in [0.1, 0.15) is 0 Å². The van der Waals surface area contributed by atoms with Crippen molar-refractivity contribution in [1.29, 1.82) is 0 Å². The van der Waals surface area contributed by atoms with E-state index in [2.05, 4.69) is 0 Å². The molecule has 5 heteroatoms. The number of carbonyl (C=O) groups excluding carboxylic acids is 1. The topological polar surface area (TPSA) is 59.0 Å². The molecule has 23 heavy (non-hydrogen) atoms. The first-order chi connectivity index (χ1) is 11.2. The zero-order valence-corrected chi connectivity index (χ0v) is 13.7. The van der Waals surface area contributed by atoms with E-state index < -0.39 is 6.23 Å². The number of hydrogen-bond donors (Lipinski definition) is 1. The highest BCUT2D eigenvalue weighted by molar-refractivity contribution is 5.97. The second-order valence-electron chi connectivity index (χ2n) is 6.02. The normalized spacial score (nSPS) is 20.7. The number of methoxy groups -OCH3 is 2. The molecule has 1 unspecified atom stereocenters. The first-order valence-electron chi connectivity index (χ1n) is 8.07. The fourth-order valence-corrected chi connectivity index (χ4v) is 3.44. The van der Waals surface area contributed by atoms with Crippen LogP contribution in [0.25, 0.3) is 0 Å². The summed E-state index contributed by atoms with van der Waals surface area (Å²) in [4.78, 5) is 14.0. The lowest BCUT2D eigenvalue weighted by atomic mass is 9.93. The molecule has 1 aromatic rings. The number of aliphatic hydroxyl groups excluding tert-OH is 1. The van der Waals surface area contributed by atoms with Gasteiger partial charge in [-0.3, -0.25) is 4.79 Å². The molecule has 5 nitrogen and oxygen atoms in total. The Labute approximate surface area is 136 Å². The van der Waals surface area contributed by atoms with Gasteiger partial charge in [0.05, 0.1) is 14.2 Å². The zero-order chi connectivity index (χ0) is 16.4. The molecule has 0 spiro atoms. The second kappa shape index (κ2) is 6.62. The molecule has 0 saturated heterocycles. The quantitative estimate of drug-likeness (QED) is 0.905. The van der Waals surface area contributed by atoms with Crippen LogP contribution in [0.4, 0.5) is 0 Å². The van der Waals surface area contributed by atoms with Crippen molar-refractivity contribution in [3.8, 4) is 11.5 Å². The van der Waals surface area contributed by atoms with Crippen molar-refractivity contribution in [1.82, 2.24) is 4.90 Å². The van der Waals surface area contributed by atoms with Gasteiger partial charge >= 0.3 is 0 Å². The molecule has 1 atom stereocenters. The van der Waals surface area contributed by atoms with Crippen molar-refractivity contribution >= 4 is 5.91 Å². The first-order valence-corrected chi connectivity index (χ1v) is 8.07. The molecule has 1 amide bonds. The highest BCUT2D eigenvalue weighted by Crippen LogP contribution is 2.35. The SMILES string of the molecule is COc1ccc(CCN2C(=O)C3=C(CCCC3)C2O)cc1OC. The lowest BCUT2D eigenvalue weighted by Gasteiger charge is -2.23. The molecule has 1 aromatic carbocycles. The molecule has 1 N–H and O–H groups in total. The number of nitrogens with zero attached hydrogens (tertiary/aromatic N) is 1. The van der Waals surface area contributed by atoms with E-state index in [0.29, 0.717) is 24.5 Å². The Kier molecular flexibility index (Phi) is 4.57. The van der Waals surface area contributed by atoms with E-state index in [1.54, 1.807) is 19.1 Å². The predicted octanol–water partition coefficient (Wildman–Crippen LogP) is 2.28. The minimum Gasteiger partial charge on any atom is -0.493 e. The van der Waals surface area contributed by atoms with E-state index in [1.165, 1.54) is 0 Å². The molecule has 1 aliphatic heterocycles. The van der Waals surface area contributed by atoms with E-state index in [1.807, 2.05) is 18.2 Å². The van der Waals surface area contributed by atoms with Gasteiger partial charge in [-0.05, 0) is 55.4 Å². The summed E-state index contributed by atoms with van der Waals surface area (Å²) in [6, 6.07) is 5.74. The molecule has 1 heterocycles. The van der Waals surface area contributed by atoms with Crippen LogP contribution in [0.1, 0.15) is 31.2 Å². The molecule has 2 aliphatic rings. The van der Waals surface area contributed by atoms with Crippen molar-refractivity contribution in [2.24, 2.45) is 0 Å². The Morgan fingerprint density at radius 2 is 1.91 bits per heavy atom. The van der Waals surface area contributed by atoms with E-state index in [9.17, 15) is 9.90 Å². The summed E-state index contributed by atoms with van der Waals surface area (Å²) in [5, 5.41) is 10.4. The summed E-state index contributed by atoms with van der Waals surface area (Å²) < 4.78 is 10.5. The minimum absolute atomic E-state index is 0.00711. The molecular formula is C18H23NO4. The summed E-state index contributed by atoms with van der Waals surface area (Å²) in [5.41, 5.74) is 2.83. The number of ether oxygens (including phenoxy) is 2. The van der Waals surface area contributed by atoms with E-state index in [-0.39, 0.29) is 5.91 Å². The average molecular weight is 317 g/mol. The van der Waals surface area contributed by atoms with Crippen LogP contribution in [0, 0.1) is 0 Å². The van der Waals surface area contributed by atoms with Gasteiger partial charge in [0.2, 0.25) is 0 Å². The van der Waals surface area contributed by atoms with Crippen LogP contribution in [0.5, 0.6) is 11.5 Å². The smallest absolute Gasteiger partial charge is 0.252 e. The van der Waals surface area contributed by atoms with Crippen LogP contribution in [-0.2, 0) is 11.2 Å². The van der Waals surface area contributed by atoms with Gasteiger partial charge in [-0.25, -0.2) is 0 Å². The predicted molar refractivity (Wildman–Crippen MR) is 86.5 cm³/mol. The van der Waals surface area contributed by atoms with Crippen LogP contribution >= 0.6 is 0 Å². The maximum atomic E-state index is 12.5. The van der Waals surface area contributed by atoms with Crippen molar-refractivity contribution in [2.75, 3.05) is 20.8 Å². The van der Waals surface area contributed by atoms with E-state index in [0.717, 1.165) is 42.4 Å². The number of aliphatic hydroxyl groups is 1. The number of rotatable bonds is 5. The third-order valence-corrected chi connectivity index (χ3v) is 4.73. The first kappa shape index (κ1) is 15.9. The van der Waals surface area contributed by atoms with Crippen molar-refractivity contribution in [2.45, 2.75) is 38.3 Å². The maximum Gasteiger partial charge on any atom is 0.252 e.